The second-order valence-electron chi connectivity index (χ2n) is 7.96. The first-order valence-corrected chi connectivity index (χ1v) is 9.31. The van der Waals surface area contributed by atoms with Crippen LogP contribution in [0, 0.1) is 23.7 Å². The third-order valence-corrected chi connectivity index (χ3v) is 7.99. The summed E-state index contributed by atoms with van der Waals surface area (Å²) in [6, 6.07) is 0. The molecule has 5 rings (SSSR count). The van der Waals surface area contributed by atoms with Gasteiger partial charge in [-0.2, -0.15) is 13.2 Å². The van der Waals surface area contributed by atoms with Crippen molar-refractivity contribution in [3.8, 4) is 0 Å². The zero-order valence-electron chi connectivity index (χ0n) is 13.9. The average molecular weight is 415 g/mol. The van der Waals surface area contributed by atoms with Gasteiger partial charge >= 0.3 is 6.18 Å². The van der Waals surface area contributed by atoms with Gasteiger partial charge in [0.1, 0.15) is 0 Å². The lowest BCUT2D eigenvalue weighted by atomic mass is 9.57. The van der Waals surface area contributed by atoms with Gasteiger partial charge in [0.25, 0.3) is 0 Å². The van der Waals surface area contributed by atoms with Crippen LogP contribution in [0.3, 0.4) is 0 Å². The van der Waals surface area contributed by atoms with Gasteiger partial charge in [-0.1, -0.05) is 13.8 Å². The minimum Gasteiger partial charge on any atom is -0.322 e. The quantitative estimate of drug-likeness (QED) is 0.431. The van der Waals surface area contributed by atoms with Crippen LogP contribution in [0.2, 0.25) is 0 Å². The number of alkyl halides is 4. The molecule has 5 fully saturated rings. The molecule has 5 aliphatic rings. The van der Waals surface area contributed by atoms with Crippen LogP contribution in [-0.4, -0.2) is 28.4 Å². The van der Waals surface area contributed by atoms with Crippen molar-refractivity contribution < 1.29 is 32.4 Å². The van der Waals surface area contributed by atoms with Crippen LogP contribution in [0.1, 0.15) is 46.5 Å². The van der Waals surface area contributed by atoms with E-state index in [2.05, 4.69) is 22.9 Å². The van der Waals surface area contributed by atoms with E-state index in [0.717, 1.165) is 12.8 Å². The van der Waals surface area contributed by atoms with Crippen molar-refractivity contribution in [3.05, 3.63) is 0 Å². The van der Waals surface area contributed by atoms with Crippen LogP contribution in [0.25, 0.3) is 0 Å². The second-order valence-corrected chi connectivity index (χ2v) is 9.14. The van der Waals surface area contributed by atoms with Crippen molar-refractivity contribution >= 4 is 15.9 Å². The van der Waals surface area contributed by atoms with Gasteiger partial charge in [-0.15, -0.1) is 0 Å². The van der Waals surface area contributed by atoms with Crippen molar-refractivity contribution in [2.24, 2.45) is 23.7 Å². The highest BCUT2D eigenvalue weighted by Crippen LogP contribution is 2.65. The zero-order chi connectivity index (χ0) is 17.5. The number of rotatable bonds is 0. The topological polar surface area (TPSA) is 36.9 Å². The summed E-state index contributed by atoms with van der Waals surface area (Å²) < 4.78 is 50.4. The van der Waals surface area contributed by atoms with Crippen LogP contribution in [0.4, 0.5) is 13.2 Å². The molecule has 4 nitrogen and oxygen atoms in total. The molecule has 2 bridgehead atoms. The summed E-state index contributed by atoms with van der Waals surface area (Å²) in [7, 11) is 0. The SMILES string of the molecule is C[C@@H]1CC[C@H]2[C@@H](C)[C@](Br)(C(F)(F)F)O[C@@H]3O[C@]4(C)CC[C@@H]1C32OO4. The summed E-state index contributed by atoms with van der Waals surface area (Å²) in [4.78, 5) is 11.4. The summed E-state index contributed by atoms with van der Waals surface area (Å²) in [6.07, 6.45) is -2.79. The Morgan fingerprint density at radius 2 is 1.71 bits per heavy atom. The Hall–Kier alpha value is 0.110. The fourth-order valence-corrected chi connectivity index (χ4v) is 5.72. The lowest BCUT2D eigenvalue weighted by molar-refractivity contribution is -0.577. The molecule has 0 aromatic heterocycles. The summed E-state index contributed by atoms with van der Waals surface area (Å²) in [5, 5.41) is 0. The van der Waals surface area contributed by atoms with E-state index in [9.17, 15) is 13.2 Å². The largest absolute Gasteiger partial charge is 0.427 e. The number of hydrogen-bond acceptors (Lipinski definition) is 4. The van der Waals surface area contributed by atoms with Gasteiger partial charge in [0.2, 0.25) is 10.3 Å². The Labute approximate surface area is 147 Å². The van der Waals surface area contributed by atoms with Crippen molar-refractivity contribution in [2.45, 2.75) is 74.8 Å². The van der Waals surface area contributed by atoms with E-state index in [0.29, 0.717) is 18.8 Å². The van der Waals surface area contributed by atoms with E-state index in [1.54, 1.807) is 13.8 Å². The van der Waals surface area contributed by atoms with E-state index in [-0.39, 0.29) is 11.8 Å². The first-order chi connectivity index (χ1) is 11.0. The monoisotopic (exact) mass is 414 g/mol. The highest BCUT2D eigenvalue weighted by atomic mass is 79.9. The number of ether oxygens (including phenoxy) is 2. The maximum absolute atomic E-state index is 13.8. The van der Waals surface area contributed by atoms with Crippen molar-refractivity contribution in [2.75, 3.05) is 0 Å². The Morgan fingerprint density at radius 1 is 1.00 bits per heavy atom. The first-order valence-electron chi connectivity index (χ1n) is 8.51. The van der Waals surface area contributed by atoms with E-state index in [1.807, 2.05) is 0 Å². The summed E-state index contributed by atoms with van der Waals surface area (Å²) in [5.74, 6) is -1.88. The lowest BCUT2D eigenvalue weighted by Crippen LogP contribution is -2.74. The van der Waals surface area contributed by atoms with Crippen LogP contribution in [0.5, 0.6) is 0 Å². The molecule has 1 spiro atoms. The maximum Gasteiger partial charge on any atom is 0.427 e. The Bertz CT molecular complexity index is 546. The molecule has 4 saturated heterocycles. The molecule has 0 aromatic rings. The molecule has 1 aliphatic carbocycles. The highest BCUT2D eigenvalue weighted by Gasteiger charge is 2.75. The van der Waals surface area contributed by atoms with E-state index in [1.165, 1.54) is 0 Å². The van der Waals surface area contributed by atoms with Gasteiger partial charge in [-0.3, -0.25) is 0 Å². The van der Waals surface area contributed by atoms with Gasteiger partial charge in [0, 0.05) is 18.3 Å². The highest BCUT2D eigenvalue weighted by molar-refractivity contribution is 9.10. The molecule has 4 heterocycles. The van der Waals surface area contributed by atoms with E-state index < -0.39 is 34.3 Å². The van der Waals surface area contributed by atoms with Crippen LogP contribution in [0.15, 0.2) is 0 Å². The molecule has 0 amide bonds. The van der Waals surface area contributed by atoms with Crippen molar-refractivity contribution in [1.29, 1.82) is 0 Å². The molecule has 0 aromatic carbocycles. The Morgan fingerprint density at radius 3 is 2.38 bits per heavy atom. The molecule has 1 unspecified atom stereocenters. The number of halogens is 4. The predicted octanol–water partition coefficient (Wildman–Crippen LogP) is 4.52. The first kappa shape index (κ1) is 17.5. The normalized spacial score (nSPS) is 57.4. The van der Waals surface area contributed by atoms with Gasteiger partial charge in [-0.05, 0) is 54.0 Å². The molecule has 8 atom stereocenters. The van der Waals surface area contributed by atoms with Gasteiger partial charge in [0.05, 0.1) is 0 Å². The number of fused-ring (bicyclic) bond motifs is 2. The third-order valence-electron chi connectivity index (χ3n) is 6.63. The smallest absolute Gasteiger partial charge is 0.322 e. The Kier molecular flexibility index (Phi) is 3.72. The summed E-state index contributed by atoms with van der Waals surface area (Å²) in [6.45, 7) is 5.40. The lowest BCUT2D eigenvalue weighted by Gasteiger charge is -2.62. The predicted molar refractivity (Wildman–Crippen MR) is 80.8 cm³/mol. The molecule has 138 valence electrons. The fraction of sp³-hybridized carbons (Fsp3) is 1.00. The average Bonchev–Trinajstić information content (AvgIpc) is 2.70. The molecule has 0 N–H and O–H groups in total. The van der Waals surface area contributed by atoms with Gasteiger partial charge < -0.3 is 9.47 Å². The second kappa shape index (κ2) is 5.09. The van der Waals surface area contributed by atoms with Crippen LogP contribution >= 0.6 is 15.9 Å². The maximum atomic E-state index is 13.8. The molecular weight excluding hydrogens is 393 g/mol. The zero-order valence-corrected chi connectivity index (χ0v) is 15.4. The molecule has 24 heavy (non-hydrogen) atoms. The van der Waals surface area contributed by atoms with E-state index in [4.69, 9.17) is 19.2 Å². The minimum absolute atomic E-state index is 0.0540. The third kappa shape index (κ3) is 2.06. The fourth-order valence-electron chi connectivity index (χ4n) is 5.23. The minimum atomic E-state index is -4.55. The number of hydrogen-bond donors (Lipinski definition) is 0. The Balaban J connectivity index is 1.84. The summed E-state index contributed by atoms with van der Waals surface area (Å²) >= 11 is 2.87. The van der Waals surface area contributed by atoms with Gasteiger partial charge in [-0.25, -0.2) is 9.78 Å². The van der Waals surface area contributed by atoms with Crippen LogP contribution in [-0.2, 0) is 19.2 Å². The summed E-state index contributed by atoms with van der Waals surface area (Å²) in [5.41, 5.74) is -0.977. The molecular formula is C16H22BrF3O4. The van der Waals surface area contributed by atoms with Gasteiger partial charge in [0.15, 0.2) is 11.9 Å². The van der Waals surface area contributed by atoms with Crippen molar-refractivity contribution in [1.82, 2.24) is 0 Å². The van der Waals surface area contributed by atoms with Crippen LogP contribution < -0.4 is 0 Å². The standard InChI is InChI=1S/C16H22BrF3O4/c1-8-4-5-11-9(2)15(17,16(18,19)20)22-12-14(11)10(8)6-7-13(3,21-12)23-24-14/h8-12H,4-7H2,1-3H3/t8-,9-,10+,11+,12+,13+,14?,15-/m1/s1. The molecule has 8 heteroatoms. The molecule has 0 radical (unpaired) electrons. The van der Waals surface area contributed by atoms with E-state index >= 15 is 0 Å². The molecule has 4 aliphatic heterocycles. The van der Waals surface area contributed by atoms with Crippen molar-refractivity contribution in [3.63, 3.8) is 0 Å². The molecule has 1 saturated carbocycles.